The lowest BCUT2D eigenvalue weighted by molar-refractivity contribution is 0.660. The quantitative estimate of drug-likeness (QED) is 0.184. The normalized spacial score (nSPS) is 13.4. The maximum Gasteiger partial charge on any atom is 0.165 e. The molecule has 1 aliphatic carbocycles. The molecule has 3 heterocycles. The monoisotopic (exact) mass is 702 g/mol. The van der Waals surface area contributed by atoms with Gasteiger partial charge in [0.25, 0.3) is 0 Å². The van der Waals surface area contributed by atoms with E-state index in [1.807, 2.05) is 0 Å². The molecular weight excluding hydrogens is 669 g/mol. The first-order valence-corrected chi connectivity index (χ1v) is 19.0. The maximum atomic E-state index is 5.60. The number of rotatable bonds is 3. The molecule has 0 amide bonds. The highest BCUT2D eigenvalue weighted by atomic mass is 15.1. The van der Waals surface area contributed by atoms with E-state index in [1.54, 1.807) is 0 Å². The zero-order valence-corrected chi connectivity index (χ0v) is 30.5. The summed E-state index contributed by atoms with van der Waals surface area (Å²) >= 11 is 0. The largest absolute Gasteiger partial charge is 0.307 e. The van der Waals surface area contributed by atoms with Gasteiger partial charge in [-0.05, 0) is 75.5 Å². The number of fused-ring (bicyclic) bond motifs is 14. The molecular formula is C51H34N4. The predicted molar refractivity (Wildman–Crippen MR) is 229 cm³/mol. The van der Waals surface area contributed by atoms with Gasteiger partial charge in [-0.15, -0.1) is 0 Å². The van der Waals surface area contributed by atoms with Gasteiger partial charge < -0.3 is 4.57 Å². The minimum Gasteiger partial charge on any atom is -0.307 e. The lowest BCUT2D eigenvalue weighted by Gasteiger charge is -2.22. The van der Waals surface area contributed by atoms with Gasteiger partial charge in [0.1, 0.15) is 5.69 Å². The van der Waals surface area contributed by atoms with E-state index in [0.717, 1.165) is 50.3 Å². The molecule has 3 aromatic heterocycles. The summed E-state index contributed by atoms with van der Waals surface area (Å²) in [6.45, 7) is 4.68. The molecule has 0 radical (unpaired) electrons. The van der Waals surface area contributed by atoms with Gasteiger partial charge in [-0.25, -0.2) is 9.97 Å². The zero-order chi connectivity index (χ0) is 36.4. The van der Waals surface area contributed by atoms with E-state index in [4.69, 9.17) is 9.97 Å². The van der Waals surface area contributed by atoms with Crippen molar-refractivity contribution in [1.82, 2.24) is 19.1 Å². The maximum absolute atomic E-state index is 5.60. The molecule has 0 aliphatic heterocycles. The minimum atomic E-state index is -0.152. The van der Waals surface area contributed by atoms with Crippen LogP contribution >= 0.6 is 0 Å². The van der Waals surface area contributed by atoms with Crippen LogP contribution in [0.2, 0.25) is 0 Å². The van der Waals surface area contributed by atoms with Crippen molar-refractivity contribution in [2.75, 3.05) is 0 Å². The third-order valence-electron chi connectivity index (χ3n) is 12.1. The molecule has 0 saturated carbocycles. The molecule has 55 heavy (non-hydrogen) atoms. The molecule has 0 atom stereocenters. The number of aromatic nitrogens is 4. The van der Waals surface area contributed by atoms with E-state index in [1.165, 1.54) is 60.1 Å². The Labute approximate surface area is 317 Å². The van der Waals surface area contributed by atoms with Gasteiger partial charge in [-0.1, -0.05) is 141 Å². The van der Waals surface area contributed by atoms with Crippen LogP contribution in [0.4, 0.5) is 0 Å². The molecule has 0 spiro atoms. The molecule has 11 aromatic rings. The minimum absolute atomic E-state index is 0.152. The van der Waals surface area contributed by atoms with Crippen LogP contribution in [0.25, 0.3) is 99.3 Å². The SMILES string of the molecule is CC1(C)c2ccccc2-c2ccc(-c3nc4ccccc4nc3-n3c4ccccc4c4c5ccccc5c5c6ccccc6n(-c6ccccc6)c5c43)cc21. The number of para-hydroxylation sites is 5. The molecule has 0 fully saturated rings. The van der Waals surface area contributed by atoms with E-state index in [2.05, 4.69) is 193 Å². The zero-order valence-electron chi connectivity index (χ0n) is 30.5. The summed E-state index contributed by atoms with van der Waals surface area (Å²) < 4.78 is 4.87. The van der Waals surface area contributed by atoms with Crippen molar-refractivity contribution in [3.8, 4) is 33.9 Å². The van der Waals surface area contributed by atoms with Crippen molar-refractivity contribution >= 4 is 65.4 Å². The van der Waals surface area contributed by atoms with Gasteiger partial charge in [-0.2, -0.15) is 0 Å². The molecule has 0 saturated heterocycles. The Bertz CT molecular complexity index is 3400. The van der Waals surface area contributed by atoms with Gasteiger partial charge >= 0.3 is 0 Å². The first-order chi connectivity index (χ1) is 27.1. The summed E-state index contributed by atoms with van der Waals surface area (Å²) in [6, 6.07) is 61.3. The second kappa shape index (κ2) is 11.0. The molecule has 0 unspecified atom stereocenters. The Kier molecular flexibility index (Phi) is 6.09. The number of hydrogen-bond donors (Lipinski definition) is 0. The van der Waals surface area contributed by atoms with Crippen LogP contribution in [0.1, 0.15) is 25.0 Å². The Morgan fingerprint density at radius 1 is 0.436 bits per heavy atom. The van der Waals surface area contributed by atoms with E-state index >= 15 is 0 Å². The third-order valence-corrected chi connectivity index (χ3v) is 12.1. The molecule has 4 heteroatoms. The van der Waals surface area contributed by atoms with Crippen molar-refractivity contribution in [3.63, 3.8) is 0 Å². The molecule has 0 N–H and O–H groups in total. The lowest BCUT2D eigenvalue weighted by atomic mass is 9.82. The van der Waals surface area contributed by atoms with Crippen LogP contribution in [0.5, 0.6) is 0 Å². The lowest BCUT2D eigenvalue weighted by Crippen LogP contribution is -2.15. The molecule has 8 aromatic carbocycles. The number of benzene rings is 8. The van der Waals surface area contributed by atoms with E-state index < -0.39 is 0 Å². The van der Waals surface area contributed by atoms with Crippen LogP contribution < -0.4 is 0 Å². The average Bonchev–Trinajstić information content (AvgIpc) is 3.85. The molecule has 0 bridgehead atoms. The number of hydrogen-bond acceptors (Lipinski definition) is 2. The van der Waals surface area contributed by atoms with Crippen LogP contribution in [0, 0.1) is 0 Å². The van der Waals surface area contributed by atoms with Gasteiger partial charge in [0.15, 0.2) is 5.82 Å². The van der Waals surface area contributed by atoms with Crippen LogP contribution in [0.15, 0.2) is 170 Å². The van der Waals surface area contributed by atoms with Crippen molar-refractivity contribution in [2.45, 2.75) is 19.3 Å². The summed E-state index contributed by atoms with van der Waals surface area (Å²) in [5.74, 6) is 0.819. The standard InChI is InChI=1S/C51H34N4/c1-51(2)39-23-11-8-18-33(39)34-29-28-31(30-40(34)51)47-50(53-42-25-13-12-24-41(42)52-47)55-44-27-15-10-22-38(44)46-36-20-7-6-19-35(36)45-37-21-9-14-26-43(37)54(48(45)49(46)55)32-16-4-3-5-17-32/h3-30H,1-2H3. The Morgan fingerprint density at radius 3 is 1.67 bits per heavy atom. The van der Waals surface area contributed by atoms with Crippen molar-refractivity contribution in [1.29, 1.82) is 0 Å². The van der Waals surface area contributed by atoms with Crippen LogP contribution in [0.3, 0.4) is 0 Å². The van der Waals surface area contributed by atoms with Crippen molar-refractivity contribution in [3.05, 3.63) is 181 Å². The van der Waals surface area contributed by atoms with E-state index in [9.17, 15) is 0 Å². The van der Waals surface area contributed by atoms with Gasteiger partial charge in [0.05, 0.1) is 33.1 Å². The van der Waals surface area contributed by atoms with E-state index in [-0.39, 0.29) is 5.41 Å². The highest BCUT2D eigenvalue weighted by molar-refractivity contribution is 6.36. The third kappa shape index (κ3) is 4.06. The summed E-state index contributed by atoms with van der Waals surface area (Å²) in [6.07, 6.45) is 0. The van der Waals surface area contributed by atoms with Crippen molar-refractivity contribution in [2.24, 2.45) is 0 Å². The van der Waals surface area contributed by atoms with Crippen LogP contribution in [-0.4, -0.2) is 19.1 Å². The first kappa shape index (κ1) is 30.4. The molecule has 1 aliphatic rings. The second-order valence-corrected chi connectivity index (χ2v) is 15.3. The second-order valence-electron chi connectivity index (χ2n) is 15.3. The Hall–Kier alpha value is -7.04. The molecule has 12 rings (SSSR count). The average molecular weight is 703 g/mol. The highest BCUT2D eigenvalue weighted by Gasteiger charge is 2.36. The fourth-order valence-electron chi connectivity index (χ4n) is 9.65. The summed E-state index contributed by atoms with van der Waals surface area (Å²) in [7, 11) is 0. The smallest absolute Gasteiger partial charge is 0.165 e. The van der Waals surface area contributed by atoms with Crippen LogP contribution in [-0.2, 0) is 5.41 Å². The summed E-state index contributed by atoms with van der Waals surface area (Å²) in [5, 5.41) is 7.32. The van der Waals surface area contributed by atoms with Crippen molar-refractivity contribution < 1.29 is 0 Å². The fourth-order valence-corrected chi connectivity index (χ4v) is 9.65. The fraction of sp³-hybridized carbons (Fsp3) is 0.0588. The first-order valence-electron chi connectivity index (χ1n) is 19.0. The summed E-state index contributed by atoms with van der Waals surface area (Å²) in [4.78, 5) is 11.1. The number of nitrogens with zero attached hydrogens (tertiary/aromatic N) is 4. The van der Waals surface area contributed by atoms with E-state index in [0.29, 0.717) is 0 Å². The summed E-state index contributed by atoms with van der Waals surface area (Å²) in [5.41, 5.74) is 14.4. The molecule has 258 valence electrons. The topological polar surface area (TPSA) is 35.6 Å². The van der Waals surface area contributed by atoms with Gasteiger partial charge in [0.2, 0.25) is 0 Å². The van der Waals surface area contributed by atoms with Gasteiger partial charge in [-0.3, -0.25) is 4.57 Å². The molecule has 4 nitrogen and oxygen atoms in total. The van der Waals surface area contributed by atoms with Gasteiger partial charge in [0, 0.05) is 38.2 Å². The Morgan fingerprint density at radius 2 is 0.964 bits per heavy atom. The predicted octanol–water partition coefficient (Wildman–Crippen LogP) is 13.0. The highest BCUT2D eigenvalue weighted by Crippen LogP contribution is 2.51. The Balaban J connectivity index is 1.29.